The second-order valence-electron chi connectivity index (χ2n) is 4.76. The molecule has 1 aromatic rings. The highest BCUT2D eigenvalue weighted by molar-refractivity contribution is 7.98. The van der Waals surface area contributed by atoms with Crippen molar-refractivity contribution in [3.8, 4) is 0 Å². The number of piperazine rings is 1. The highest BCUT2D eigenvalue weighted by atomic mass is 32.2. The lowest BCUT2D eigenvalue weighted by molar-refractivity contribution is -0.132. The van der Waals surface area contributed by atoms with E-state index >= 15 is 0 Å². The number of hydrogen-bond acceptors (Lipinski definition) is 3. The molecule has 0 spiro atoms. The lowest BCUT2D eigenvalue weighted by Crippen LogP contribution is -2.50. The van der Waals surface area contributed by atoms with Gasteiger partial charge in [-0.2, -0.15) is 0 Å². The minimum atomic E-state index is 0.0567. The van der Waals surface area contributed by atoms with E-state index in [2.05, 4.69) is 0 Å². The van der Waals surface area contributed by atoms with E-state index in [9.17, 15) is 9.59 Å². The van der Waals surface area contributed by atoms with Gasteiger partial charge in [-0.05, 0) is 30.5 Å². The van der Waals surface area contributed by atoms with Crippen LogP contribution in [0.3, 0.4) is 0 Å². The summed E-state index contributed by atoms with van der Waals surface area (Å²) in [5, 5.41) is 0. The van der Waals surface area contributed by atoms with Crippen molar-refractivity contribution in [1.82, 2.24) is 9.80 Å². The molecule has 1 aromatic carbocycles. The molecule has 0 bridgehead atoms. The lowest BCUT2D eigenvalue weighted by Gasteiger charge is -2.34. The lowest BCUT2D eigenvalue weighted by atomic mass is 10.2. The average Bonchev–Trinajstić information content (AvgIpc) is 2.53. The Morgan fingerprint density at radius 3 is 2.10 bits per heavy atom. The zero-order chi connectivity index (χ0) is 14.5. The molecule has 4 nitrogen and oxygen atoms in total. The van der Waals surface area contributed by atoms with Crippen LogP contribution < -0.4 is 0 Å². The first-order valence-corrected chi connectivity index (χ1v) is 8.09. The van der Waals surface area contributed by atoms with Crippen LogP contribution in [0, 0.1) is 0 Å². The van der Waals surface area contributed by atoms with E-state index in [0.29, 0.717) is 32.6 Å². The summed E-state index contributed by atoms with van der Waals surface area (Å²) in [6.07, 6.45) is 2.55. The van der Waals surface area contributed by atoms with E-state index in [4.69, 9.17) is 0 Å². The molecule has 0 aliphatic carbocycles. The van der Waals surface area contributed by atoms with E-state index in [1.54, 1.807) is 11.8 Å². The predicted octanol–water partition coefficient (Wildman–Crippen LogP) is 2.10. The molecule has 0 aromatic heterocycles. The van der Waals surface area contributed by atoms with E-state index in [-0.39, 0.29) is 11.8 Å². The Labute approximate surface area is 124 Å². The quantitative estimate of drug-likeness (QED) is 0.801. The Morgan fingerprint density at radius 2 is 1.60 bits per heavy atom. The fourth-order valence-corrected chi connectivity index (χ4v) is 2.71. The Balaban J connectivity index is 1.95. The summed E-state index contributed by atoms with van der Waals surface area (Å²) in [6, 6.07) is 7.68. The molecule has 5 heteroatoms. The number of rotatable bonds is 3. The molecular weight excluding hydrogens is 272 g/mol. The summed E-state index contributed by atoms with van der Waals surface area (Å²) in [7, 11) is 0. The van der Waals surface area contributed by atoms with Crippen LogP contribution >= 0.6 is 11.8 Å². The van der Waals surface area contributed by atoms with Crippen molar-refractivity contribution in [3.63, 3.8) is 0 Å². The number of nitrogens with zero attached hydrogens (tertiary/aromatic N) is 2. The zero-order valence-electron chi connectivity index (χ0n) is 12.0. The Kier molecular flexibility index (Phi) is 5.06. The molecule has 1 aliphatic rings. The van der Waals surface area contributed by atoms with Gasteiger partial charge in [0.25, 0.3) is 5.91 Å². The first-order chi connectivity index (χ1) is 9.65. The molecular formula is C15H20N2O2S. The van der Waals surface area contributed by atoms with Crippen molar-refractivity contribution in [2.24, 2.45) is 0 Å². The number of thioether (sulfide) groups is 1. The van der Waals surface area contributed by atoms with Crippen LogP contribution in [0.25, 0.3) is 0 Å². The third kappa shape index (κ3) is 3.33. The van der Waals surface area contributed by atoms with Gasteiger partial charge >= 0.3 is 0 Å². The standard InChI is InChI=1S/C15H20N2O2S/c1-3-14(18)16-8-10-17(11-9-16)15(19)12-4-6-13(20-2)7-5-12/h4-7H,3,8-11H2,1-2H3. The van der Waals surface area contributed by atoms with E-state index in [1.807, 2.05) is 47.2 Å². The summed E-state index contributed by atoms with van der Waals surface area (Å²) in [6.45, 7) is 4.39. The molecule has 0 unspecified atom stereocenters. The molecule has 2 rings (SSSR count). The summed E-state index contributed by atoms with van der Waals surface area (Å²) in [5.41, 5.74) is 0.720. The largest absolute Gasteiger partial charge is 0.339 e. The molecule has 0 N–H and O–H groups in total. The molecule has 1 aliphatic heterocycles. The molecule has 0 saturated carbocycles. The van der Waals surface area contributed by atoms with Crippen LogP contribution in [0.5, 0.6) is 0 Å². The molecule has 0 radical (unpaired) electrons. The molecule has 1 fully saturated rings. The maximum absolute atomic E-state index is 12.4. The molecule has 1 heterocycles. The highest BCUT2D eigenvalue weighted by Gasteiger charge is 2.23. The van der Waals surface area contributed by atoms with Gasteiger partial charge in [0.15, 0.2) is 0 Å². The zero-order valence-corrected chi connectivity index (χ0v) is 12.8. The monoisotopic (exact) mass is 292 g/mol. The van der Waals surface area contributed by atoms with Gasteiger partial charge in [-0.15, -0.1) is 11.8 Å². The van der Waals surface area contributed by atoms with Crippen LogP contribution in [-0.4, -0.2) is 54.0 Å². The number of carbonyl (C=O) groups excluding carboxylic acids is 2. The van der Waals surface area contributed by atoms with E-state index in [0.717, 1.165) is 10.5 Å². The van der Waals surface area contributed by atoms with Crippen LogP contribution in [0.1, 0.15) is 23.7 Å². The van der Waals surface area contributed by atoms with Crippen molar-refractivity contribution < 1.29 is 9.59 Å². The van der Waals surface area contributed by atoms with Gasteiger partial charge in [0, 0.05) is 43.1 Å². The highest BCUT2D eigenvalue weighted by Crippen LogP contribution is 2.16. The minimum Gasteiger partial charge on any atom is -0.339 e. The molecule has 20 heavy (non-hydrogen) atoms. The number of hydrogen-bond donors (Lipinski definition) is 0. The summed E-state index contributed by atoms with van der Waals surface area (Å²) in [4.78, 5) is 28.8. The summed E-state index contributed by atoms with van der Waals surface area (Å²) >= 11 is 1.66. The van der Waals surface area contributed by atoms with Crippen LogP contribution in [0.15, 0.2) is 29.2 Å². The van der Waals surface area contributed by atoms with Crippen LogP contribution in [0.4, 0.5) is 0 Å². The second-order valence-corrected chi connectivity index (χ2v) is 5.63. The first-order valence-electron chi connectivity index (χ1n) is 6.86. The van der Waals surface area contributed by atoms with E-state index in [1.165, 1.54) is 0 Å². The maximum atomic E-state index is 12.4. The molecule has 108 valence electrons. The third-order valence-corrected chi connectivity index (χ3v) is 4.30. The van der Waals surface area contributed by atoms with Gasteiger partial charge in [-0.25, -0.2) is 0 Å². The fourth-order valence-electron chi connectivity index (χ4n) is 2.30. The number of carbonyl (C=O) groups is 2. The number of amides is 2. The Hall–Kier alpha value is -1.49. The summed E-state index contributed by atoms with van der Waals surface area (Å²) < 4.78 is 0. The van der Waals surface area contributed by atoms with Crippen molar-refractivity contribution in [2.45, 2.75) is 18.2 Å². The fraction of sp³-hybridized carbons (Fsp3) is 0.467. The second kappa shape index (κ2) is 6.79. The Bertz CT molecular complexity index is 479. The SMILES string of the molecule is CCC(=O)N1CCN(C(=O)c2ccc(SC)cc2)CC1. The van der Waals surface area contributed by atoms with E-state index < -0.39 is 0 Å². The van der Waals surface area contributed by atoms with Gasteiger partial charge in [0.05, 0.1) is 0 Å². The van der Waals surface area contributed by atoms with Crippen LogP contribution in [-0.2, 0) is 4.79 Å². The van der Waals surface area contributed by atoms with Crippen molar-refractivity contribution in [2.75, 3.05) is 32.4 Å². The summed E-state index contributed by atoms with van der Waals surface area (Å²) in [5.74, 6) is 0.225. The minimum absolute atomic E-state index is 0.0567. The smallest absolute Gasteiger partial charge is 0.253 e. The van der Waals surface area contributed by atoms with Crippen molar-refractivity contribution in [3.05, 3.63) is 29.8 Å². The van der Waals surface area contributed by atoms with Gasteiger partial charge in [-0.3, -0.25) is 9.59 Å². The molecule has 2 amide bonds. The normalized spacial score (nSPS) is 15.3. The van der Waals surface area contributed by atoms with Gasteiger partial charge in [0.2, 0.25) is 5.91 Å². The predicted molar refractivity (Wildman–Crippen MR) is 81.0 cm³/mol. The first kappa shape index (κ1) is 14.9. The van der Waals surface area contributed by atoms with Crippen LogP contribution in [0.2, 0.25) is 0 Å². The number of benzene rings is 1. The third-order valence-electron chi connectivity index (χ3n) is 3.56. The van der Waals surface area contributed by atoms with Gasteiger partial charge in [-0.1, -0.05) is 6.92 Å². The topological polar surface area (TPSA) is 40.6 Å². The maximum Gasteiger partial charge on any atom is 0.253 e. The van der Waals surface area contributed by atoms with Gasteiger partial charge in [0.1, 0.15) is 0 Å². The average molecular weight is 292 g/mol. The molecule has 0 atom stereocenters. The van der Waals surface area contributed by atoms with Crippen molar-refractivity contribution >= 4 is 23.6 Å². The van der Waals surface area contributed by atoms with Crippen molar-refractivity contribution in [1.29, 1.82) is 0 Å². The molecule has 1 saturated heterocycles. The Morgan fingerprint density at radius 1 is 1.05 bits per heavy atom. The van der Waals surface area contributed by atoms with Gasteiger partial charge < -0.3 is 9.80 Å².